The monoisotopic (exact) mass is 650 g/mol. The standard InChI is InChI=1S/C19H17NO4.C18H17NO5/c1-12-7-9-13(10-8-12)16(19(23)24-2)11-20-17(21)14-5-3-4-6-15(14)18(20)22;1-11-6-8-12(9-7-11)15(18(23)24)10-19-16(20)13-4-2-3-5-14(13)17(21)22/h3-10,16H,11H2,1-2H3;2-9,15H,10H2,1H3,(H,19,20)(H,21,22)(H,23,24). The predicted octanol–water partition coefficient (Wildman–Crippen LogP) is 4.84. The van der Waals surface area contributed by atoms with Gasteiger partial charge in [-0.25, -0.2) is 4.79 Å². The molecule has 0 saturated heterocycles. The summed E-state index contributed by atoms with van der Waals surface area (Å²) in [5, 5.41) is 21.0. The van der Waals surface area contributed by atoms with Gasteiger partial charge in [0.2, 0.25) is 0 Å². The fourth-order valence-corrected chi connectivity index (χ4v) is 5.15. The van der Waals surface area contributed by atoms with Gasteiger partial charge in [-0.1, -0.05) is 83.9 Å². The van der Waals surface area contributed by atoms with Gasteiger partial charge >= 0.3 is 17.9 Å². The number of benzene rings is 4. The Hall–Kier alpha value is -6.10. The maximum atomic E-state index is 12.5. The van der Waals surface area contributed by atoms with E-state index in [0.717, 1.165) is 16.0 Å². The maximum Gasteiger partial charge on any atom is 0.336 e. The first-order chi connectivity index (χ1) is 22.9. The molecule has 11 heteroatoms. The number of imide groups is 1. The molecule has 4 aromatic rings. The predicted molar refractivity (Wildman–Crippen MR) is 175 cm³/mol. The number of methoxy groups -OCH3 is 1. The fourth-order valence-electron chi connectivity index (χ4n) is 5.15. The molecule has 3 N–H and O–H groups in total. The quantitative estimate of drug-likeness (QED) is 0.161. The smallest absolute Gasteiger partial charge is 0.336 e. The molecule has 0 aliphatic carbocycles. The van der Waals surface area contributed by atoms with Crippen molar-refractivity contribution < 1.29 is 43.7 Å². The van der Waals surface area contributed by atoms with Gasteiger partial charge in [0.1, 0.15) is 0 Å². The van der Waals surface area contributed by atoms with Crippen LogP contribution in [-0.4, -0.2) is 70.9 Å². The summed E-state index contributed by atoms with van der Waals surface area (Å²) in [4.78, 5) is 73.1. The minimum absolute atomic E-state index is 0.00181. The lowest BCUT2D eigenvalue weighted by Gasteiger charge is -2.21. The molecule has 246 valence electrons. The first-order valence-electron chi connectivity index (χ1n) is 14.9. The number of aliphatic carboxylic acids is 1. The van der Waals surface area contributed by atoms with Gasteiger partial charge in [-0.05, 0) is 49.2 Å². The number of amides is 3. The number of esters is 1. The molecule has 0 radical (unpaired) electrons. The number of fused-ring (bicyclic) bond motifs is 1. The topological polar surface area (TPSA) is 167 Å². The number of ether oxygens (including phenoxy) is 1. The summed E-state index contributed by atoms with van der Waals surface area (Å²) >= 11 is 0. The van der Waals surface area contributed by atoms with Gasteiger partial charge in [0, 0.05) is 13.1 Å². The van der Waals surface area contributed by atoms with Crippen LogP contribution in [0, 0.1) is 13.8 Å². The van der Waals surface area contributed by atoms with E-state index in [1.54, 1.807) is 54.6 Å². The molecule has 0 saturated carbocycles. The van der Waals surface area contributed by atoms with Crippen LogP contribution >= 0.6 is 0 Å². The SMILES string of the molecule is COC(=O)C(CN1C(=O)c2ccccc2C1=O)c1ccc(C)cc1.Cc1ccc(C(CNC(=O)c2ccccc2C(=O)O)C(=O)O)cc1. The van der Waals surface area contributed by atoms with Crippen molar-refractivity contribution in [2.24, 2.45) is 0 Å². The molecule has 1 aliphatic heterocycles. The minimum atomic E-state index is -1.21. The van der Waals surface area contributed by atoms with E-state index in [4.69, 9.17) is 9.84 Å². The van der Waals surface area contributed by atoms with Crippen LogP contribution < -0.4 is 5.32 Å². The molecule has 3 amide bonds. The van der Waals surface area contributed by atoms with Crippen LogP contribution in [0.5, 0.6) is 0 Å². The molecule has 2 atom stereocenters. The van der Waals surface area contributed by atoms with E-state index < -0.39 is 35.7 Å². The zero-order valence-electron chi connectivity index (χ0n) is 26.5. The van der Waals surface area contributed by atoms with Gasteiger partial charge in [-0.2, -0.15) is 0 Å². The number of hydrogen-bond donors (Lipinski definition) is 3. The van der Waals surface area contributed by atoms with Crippen LogP contribution in [0.4, 0.5) is 0 Å². The molecule has 0 bridgehead atoms. The van der Waals surface area contributed by atoms with Crippen LogP contribution in [0.3, 0.4) is 0 Å². The van der Waals surface area contributed by atoms with Crippen molar-refractivity contribution >= 4 is 35.6 Å². The summed E-state index contributed by atoms with van der Waals surface area (Å²) in [5.74, 6) is -5.75. The Morgan fingerprint density at radius 2 is 1.15 bits per heavy atom. The van der Waals surface area contributed by atoms with Crippen LogP contribution in [0.2, 0.25) is 0 Å². The third-order valence-corrected chi connectivity index (χ3v) is 7.86. The highest BCUT2D eigenvalue weighted by Gasteiger charge is 2.38. The molecule has 4 aromatic carbocycles. The molecule has 1 aliphatic rings. The third kappa shape index (κ3) is 8.00. The number of rotatable bonds is 10. The van der Waals surface area contributed by atoms with Crippen molar-refractivity contribution in [1.29, 1.82) is 0 Å². The molecule has 1 heterocycles. The van der Waals surface area contributed by atoms with E-state index in [0.29, 0.717) is 22.3 Å². The van der Waals surface area contributed by atoms with E-state index in [-0.39, 0.29) is 36.0 Å². The highest BCUT2D eigenvalue weighted by atomic mass is 16.5. The minimum Gasteiger partial charge on any atom is -0.481 e. The van der Waals surface area contributed by atoms with Gasteiger partial charge in [0.05, 0.1) is 41.2 Å². The van der Waals surface area contributed by atoms with Crippen LogP contribution in [0.1, 0.15) is 75.5 Å². The summed E-state index contributed by atoms with van der Waals surface area (Å²) in [5.41, 5.74) is 3.95. The summed E-state index contributed by atoms with van der Waals surface area (Å²) in [6, 6.07) is 26.8. The lowest BCUT2D eigenvalue weighted by atomic mass is 9.97. The number of carboxylic acid groups (broad SMARTS) is 2. The second-order valence-corrected chi connectivity index (χ2v) is 11.1. The zero-order valence-corrected chi connectivity index (χ0v) is 26.5. The molecule has 5 rings (SSSR count). The van der Waals surface area contributed by atoms with Crippen molar-refractivity contribution in [2.75, 3.05) is 20.2 Å². The number of aromatic carboxylic acids is 1. The van der Waals surface area contributed by atoms with Crippen molar-refractivity contribution in [3.8, 4) is 0 Å². The van der Waals surface area contributed by atoms with Gasteiger partial charge in [-0.15, -0.1) is 0 Å². The largest absolute Gasteiger partial charge is 0.481 e. The number of nitrogens with zero attached hydrogens (tertiary/aromatic N) is 1. The van der Waals surface area contributed by atoms with Crippen LogP contribution in [0.15, 0.2) is 97.1 Å². The molecule has 0 spiro atoms. The fraction of sp³-hybridized carbons (Fsp3) is 0.189. The Morgan fingerprint density at radius 3 is 1.60 bits per heavy atom. The van der Waals surface area contributed by atoms with Crippen molar-refractivity contribution in [3.05, 3.63) is 142 Å². The van der Waals surface area contributed by atoms with Gasteiger partial charge in [0.25, 0.3) is 17.7 Å². The number of carbonyl (C=O) groups is 6. The van der Waals surface area contributed by atoms with Crippen molar-refractivity contribution in [3.63, 3.8) is 0 Å². The molecule has 48 heavy (non-hydrogen) atoms. The Balaban J connectivity index is 0.000000217. The van der Waals surface area contributed by atoms with E-state index in [1.807, 2.05) is 38.1 Å². The first kappa shape index (κ1) is 34.8. The second-order valence-electron chi connectivity index (χ2n) is 11.1. The average molecular weight is 651 g/mol. The average Bonchev–Trinajstić information content (AvgIpc) is 3.32. The lowest BCUT2D eigenvalue weighted by molar-refractivity contribution is -0.142. The summed E-state index contributed by atoms with van der Waals surface area (Å²) in [7, 11) is 1.30. The van der Waals surface area contributed by atoms with E-state index in [1.165, 1.54) is 25.3 Å². The van der Waals surface area contributed by atoms with Gasteiger partial charge in [-0.3, -0.25) is 28.9 Å². The second kappa shape index (κ2) is 15.5. The molecular formula is C37H34N2O9. The maximum absolute atomic E-state index is 12.5. The highest BCUT2D eigenvalue weighted by molar-refractivity contribution is 6.21. The third-order valence-electron chi connectivity index (χ3n) is 7.86. The molecule has 0 aromatic heterocycles. The molecular weight excluding hydrogens is 616 g/mol. The first-order valence-corrected chi connectivity index (χ1v) is 14.9. The van der Waals surface area contributed by atoms with Crippen molar-refractivity contribution in [1.82, 2.24) is 10.2 Å². The normalized spacial score (nSPS) is 13.0. The molecule has 0 fully saturated rings. The lowest BCUT2D eigenvalue weighted by Crippen LogP contribution is -2.36. The Bertz CT molecular complexity index is 1810. The van der Waals surface area contributed by atoms with Crippen LogP contribution in [-0.2, 0) is 14.3 Å². The zero-order chi connectivity index (χ0) is 35.0. The van der Waals surface area contributed by atoms with E-state index in [2.05, 4.69) is 5.32 Å². The summed E-state index contributed by atoms with van der Waals surface area (Å²) < 4.78 is 4.87. The highest BCUT2D eigenvalue weighted by Crippen LogP contribution is 2.27. The van der Waals surface area contributed by atoms with E-state index >= 15 is 0 Å². The number of aryl methyl sites for hydroxylation is 2. The summed E-state index contributed by atoms with van der Waals surface area (Å²) in [6.07, 6.45) is 0. The van der Waals surface area contributed by atoms with Crippen LogP contribution in [0.25, 0.3) is 0 Å². The van der Waals surface area contributed by atoms with Crippen molar-refractivity contribution in [2.45, 2.75) is 25.7 Å². The Morgan fingerprint density at radius 1 is 0.688 bits per heavy atom. The van der Waals surface area contributed by atoms with E-state index in [9.17, 15) is 33.9 Å². The number of carbonyl (C=O) groups excluding carboxylic acids is 4. The number of hydrogen-bond acceptors (Lipinski definition) is 7. The Kier molecular flexibility index (Phi) is 11.2. The summed E-state index contributed by atoms with van der Waals surface area (Å²) in [6.45, 7) is 3.67. The van der Waals surface area contributed by atoms with Gasteiger partial charge < -0.3 is 20.3 Å². The number of carboxylic acids is 2. The van der Waals surface area contributed by atoms with Gasteiger partial charge in [0.15, 0.2) is 0 Å². The Labute approximate surface area is 276 Å². The number of nitrogens with one attached hydrogen (secondary N) is 1. The molecule has 2 unspecified atom stereocenters. The molecule has 11 nitrogen and oxygen atoms in total.